The third-order valence-electron chi connectivity index (χ3n) is 2.45. The van der Waals surface area contributed by atoms with E-state index in [1.807, 2.05) is 12.1 Å². The quantitative estimate of drug-likeness (QED) is 0.690. The second-order valence-corrected chi connectivity index (χ2v) is 3.56. The van der Waals surface area contributed by atoms with Gasteiger partial charge in [-0.3, -0.25) is 0 Å². The minimum Gasteiger partial charge on any atom is -0.493 e. The van der Waals surface area contributed by atoms with Gasteiger partial charge in [0.2, 0.25) is 0 Å². The number of fused-ring (bicyclic) bond motifs is 1. The maximum absolute atomic E-state index is 8.74. The summed E-state index contributed by atoms with van der Waals surface area (Å²) < 4.78 is 5.38. The Labute approximate surface area is 83.5 Å². The van der Waals surface area contributed by atoms with Gasteiger partial charge in [-0.15, -0.1) is 0 Å². The molecule has 0 aromatic heterocycles. The molecular formula is C10H13BO3. The Kier molecular flexibility index (Phi) is 2.75. The lowest BCUT2D eigenvalue weighted by Gasteiger charge is -2.03. The number of hydrogen-bond acceptors (Lipinski definition) is 3. The number of hydrogen-bond donors (Lipinski definition) is 2. The highest BCUT2D eigenvalue weighted by atomic mass is 16.5. The highest BCUT2D eigenvalue weighted by molar-refractivity contribution is 6.40. The molecule has 1 heterocycles. The SMILES string of the molecule is OB(O)CCc1ccc2c(c1)CCO2. The lowest BCUT2D eigenvalue weighted by atomic mass is 9.82. The molecule has 0 aliphatic carbocycles. The van der Waals surface area contributed by atoms with Crippen LogP contribution in [0.5, 0.6) is 5.75 Å². The number of rotatable bonds is 3. The van der Waals surface area contributed by atoms with Crippen LogP contribution in [0.25, 0.3) is 0 Å². The second kappa shape index (κ2) is 4.03. The van der Waals surface area contributed by atoms with Gasteiger partial charge in [-0.05, 0) is 29.9 Å². The fraction of sp³-hybridized carbons (Fsp3) is 0.400. The van der Waals surface area contributed by atoms with Crippen LogP contribution in [-0.4, -0.2) is 23.8 Å². The van der Waals surface area contributed by atoms with Crippen molar-refractivity contribution in [2.75, 3.05) is 6.61 Å². The lowest BCUT2D eigenvalue weighted by Crippen LogP contribution is -2.11. The van der Waals surface area contributed by atoms with Gasteiger partial charge in [0, 0.05) is 6.42 Å². The molecule has 0 saturated carbocycles. The van der Waals surface area contributed by atoms with Crippen molar-refractivity contribution in [3.63, 3.8) is 0 Å². The minimum absolute atomic E-state index is 0.389. The van der Waals surface area contributed by atoms with E-state index in [-0.39, 0.29) is 0 Å². The van der Waals surface area contributed by atoms with Gasteiger partial charge in [-0.2, -0.15) is 0 Å². The van der Waals surface area contributed by atoms with E-state index in [1.54, 1.807) is 0 Å². The molecule has 1 aliphatic rings. The maximum Gasteiger partial charge on any atom is 0.451 e. The van der Waals surface area contributed by atoms with Crippen LogP contribution in [0.2, 0.25) is 6.32 Å². The predicted molar refractivity (Wildman–Crippen MR) is 54.3 cm³/mol. The summed E-state index contributed by atoms with van der Waals surface area (Å²) in [6, 6.07) is 6.03. The Morgan fingerprint density at radius 3 is 3.00 bits per heavy atom. The van der Waals surface area contributed by atoms with E-state index in [2.05, 4.69) is 6.07 Å². The fourth-order valence-electron chi connectivity index (χ4n) is 1.69. The summed E-state index contributed by atoms with van der Waals surface area (Å²) in [5.41, 5.74) is 2.37. The average Bonchev–Trinajstić information content (AvgIpc) is 2.61. The van der Waals surface area contributed by atoms with Gasteiger partial charge >= 0.3 is 7.12 Å². The van der Waals surface area contributed by atoms with Crippen molar-refractivity contribution < 1.29 is 14.8 Å². The van der Waals surface area contributed by atoms with Crippen molar-refractivity contribution in [3.05, 3.63) is 29.3 Å². The standard InChI is InChI=1S/C10H13BO3/c12-11(13)5-3-8-1-2-10-9(7-8)4-6-14-10/h1-2,7,12-13H,3-6H2. The Bertz CT molecular complexity index is 325. The van der Waals surface area contributed by atoms with Crippen LogP contribution < -0.4 is 4.74 Å². The van der Waals surface area contributed by atoms with Crippen molar-refractivity contribution in [2.45, 2.75) is 19.2 Å². The molecule has 4 heteroatoms. The lowest BCUT2D eigenvalue weighted by molar-refractivity contribution is 0.357. The molecule has 0 spiro atoms. The van der Waals surface area contributed by atoms with Crippen molar-refractivity contribution in [1.29, 1.82) is 0 Å². The largest absolute Gasteiger partial charge is 0.493 e. The van der Waals surface area contributed by atoms with E-state index in [0.29, 0.717) is 12.7 Å². The molecule has 0 radical (unpaired) electrons. The fourth-order valence-corrected chi connectivity index (χ4v) is 1.69. The minimum atomic E-state index is -1.21. The van der Waals surface area contributed by atoms with E-state index >= 15 is 0 Å². The van der Waals surface area contributed by atoms with Crippen molar-refractivity contribution in [3.8, 4) is 5.75 Å². The zero-order valence-electron chi connectivity index (χ0n) is 7.94. The van der Waals surface area contributed by atoms with Crippen LogP contribution in [0.3, 0.4) is 0 Å². The molecule has 2 rings (SSSR count). The summed E-state index contributed by atoms with van der Waals surface area (Å²) in [6.45, 7) is 0.765. The number of ether oxygens (including phenoxy) is 1. The zero-order valence-corrected chi connectivity index (χ0v) is 7.94. The molecule has 1 aliphatic heterocycles. The van der Waals surface area contributed by atoms with Crippen molar-refractivity contribution in [1.82, 2.24) is 0 Å². The van der Waals surface area contributed by atoms with Gasteiger partial charge in [-0.25, -0.2) is 0 Å². The molecule has 0 bridgehead atoms. The third-order valence-corrected chi connectivity index (χ3v) is 2.45. The Balaban J connectivity index is 2.05. The van der Waals surface area contributed by atoms with E-state index in [0.717, 1.165) is 24.3 Å². The maximum atomic E-state index is 8.74. The van der Waals surface area contributed by atoms with Crippen LogP contribution in [0.4, 0.5) is 0 Å². The summed E-state index contributed by atoms with van der Waals surface area (Å²) in [7, 11) is -1.21. The highest BCUT2D eigenvalue weighted by Gasteiger charge is 2.13. The topological polar surface area (TPSA) is 49.7 Å². The first kappa shape index (κ1) is 9.56. The summed E-state index contributed by atoms with van der Waals surface area (Å²) >= 11 is 0. The van der Waals surface area contributed by atoms with Crippen LogP contribution in [0, 0.1) is 0 Å². The third kappa shape index (κ3) is 2.08. The predicted octanol–water partition coefficient (Wildman–Crippen LogP) is 0.637. The first-order chi connectivity index (χ1) is 6.75. The molecular weight excluding hydrogens is 179 g/mol. The first-order valence-corrected chi connectivity index (χ1v) is 4.86. The highest BCUT2D eigenvalue weighted by Crippen LogP contribution is 2.26. The molecule has 0 unspecified atom stereocenters. The van der Waals surface area contributed by atoms with E-state index < -0.39 is 7.12 Å². The molecule has 74 valence electrons. The van der Waals surface area contributed by atoms with Gasteiger partial charge < -0.3 is 14.8 Å². The monoisotopic (exact) mass is 192 g/mol. The Morgan fingerprint density at radius 1 is 1.36 bits per heavy atom. The van der Waals surface area contributed by atoms with Crippen molar-refractivity contribution >= 4 is 7.12 Å². The number of benzene rings is 1. The van der Waals surface area contributed by atoms with E-state index in [9.17, 15) is 0 Å². The Morgan fingerprint density at radius 2 is 2.21 bits per heavy atom. The summed E-state index contributed by atoms with van der Waals surface area (Å²) in [6.07, 6.45) is 2.05. The van der Waals surface area contributed by atoms with Gasteiger partial charge in [0.1, 0.15) is 5.75 Å². The summed E-state index contributed by atoms with van der Waals surface area (Å²) in [5, 5.41) is 17.5. The van der Waals surface area contributed by atoms with Crippen LogP contribution in [0.15, 0.2) is 18.2 Å². The smallest absolute Gasteiger partial charge is 0.451 e. The van der Waals surface area contributed by atoms with E-state index in [4.69, 9.17) is 14.8 Å². The van der Waals surface area contributed by atoms with Crippen LogP contribution >= 0.6 is 0 Å². The van der Waals surface area contributed by atoms with Gasteiger partial charge in [0.05, 0.1) is 6.61 Å². The van der Waals surface area contributed by atoms with Gasteiger partial charge in [0.25, 0.3) is 0 Å². The summed E-state index contributed by atoms with van der Waals surface area (Å²) in [5.74, 6) is 0.971. The summed E-state index contributed by atoms with van der Waals surface area (Å²) in [4.78, 5) is 0. The average molecular weight is 192 g/mol. The van der Waals surface area contributed by atoms with Gasteiger partial charge in [0.15, 0.2) is 0 Å². The van der Waals surface area contributed by atoms with Gasteiger partial charge in [-0.1, -0.05) is 12.1 Å². The molecule has 0 amide bonds. The molecule has 1 aromatic rings. The van der Waals surface area contributed by atoms with E-state index in [1.165, 1.54) is 5.56 Å². The molecule has 0 fully saturated rings. The first-order valence-electron chi connectivity index (χ1n) is 4.86. The molecule has 2 N–H and O–H groups in total. The molecule has 0 atom stereocenters. The Hall–Kier alpha value is -0.995. The van der Waals surface area contributed by atoms with Crippen molar-refractivity contribution in [2.24, 2.45) is 0 Å². The molecule has 14 heavy (non-hydrogen) atoms. The van der Waals surface area contributed by atoms with Crippen LogP contribution in [0.1, 0.15) is 11.1 Å². The van der Waals surface area contributed by atoms with Crippen LogP contribution in [-0.2, 0) is 12.8 Å². The normalized spacial score (nSPS) is 13.6. The zero-order chi connectivity index (χ0) is 9.97. The molecule has 0 saturated heterocycles. The molecule has 1 aromatic carbocycles. The number of aryl methyl sites for hydroxylation is 1. The molecule has 3 nitrogen and oxygen atoms in total. The second-order valence-electron chi connectivity index (χ2n) is 3.56.